The van der Waals surface area contributed by atoms with E-state index >= 15 is 0 Å². The van der Waals surface area contributed by atoms with Crippen molar-refractivity contribution in [1.29, 1.82) is 0 Å². The lowest BCUT2D eigenvalue weighted by atomic mass is 10.1. The van der Waals surface area contributed by atoms with Gasteiger partial charge in [0, 0.05) is 18.2 Å². The Balaban J connectivity index is 2.61. The number of aryl methyl sites for hydroxylation is 1. The molecule has 0 unspecified atom stereocenters. The average Bonchev–Trinajstić information content (AvgIpc) is 2.71. The Labute approximate surface area is 103 Å². The highest BCUT2D eigenvalue weighted by Gasteiger charge is 2.20. The van der Waals surface area contributed by atoms with Gasteiger partial charge in [-0.3, -0.25) is 19.6 Å². The van der Waals surface area contributed by atoms with E-state index in [2.05, 4.69) is 5.10 Å². The highest BCUT2D eigenvalue weighted by Crippen LogP contribution is 2.29. The summed E-state index contributed by atoms with van der Waals surface area (Å²) >= 11 is 0. The first-order valence-electron chi connectivity index (χ1n) is 5.28. The Morgan fingerprint density at radius 3 is 2.78 bits per heavy atom. The second-order valence-corrected chi connectivity index (χ2v) is 3.90. The number of rotatable bonds is 3. The molecule has 0 saturated carbocycles. The summed E-state index contributed by atoms with van der Waals surface area (Å²) in [5.74, 6) is -0.0818. The molecule has 1 aromatic heterocycles. The van der Waals surface area contributed by atoms with Crippen molar-refractivity contribution in [2.45, 2.75) is 6.92 Å². The third kappa shape index (κ3) is 2.00. The lowest BCUT2D eigenvalue weighted by molar-refractivity contribution is -0.384. The maximum absolute atomic E-state index is 11.3. The zero-order valence-corrected chi connectivity index (χ0v) is 9.95. The molecule has 0 N–H and O–H groups in total. The summed E-state index contributed by atoms with van der Waals surface area (Å²) < 4.78 is 1.43. The van der Waals surface area contributed by atoms with Crippen LogP contribution in [-0.4, -0.2) is 20.5 Å². The van der Waals surface area contributed by atoms with E-state index in [0.29, 0.717) is 16.8 Å². The van der Waals surface area contributed by atoms with Crippen LogP contribution in [0.5, 0.6) is 0 Å². The number of nitro groups is 1. The molecule has 18 heavy (non-hydrogen) atoms. The highest BCUT2D eigenvalue weighted by molar-refractivity contribution is 5.95. The van der Waals surface area contributed by atoms with Gasteiger partial charge in [-0.2, -0.15) is 5.10 Å². The Morgan fingerprint density at radius 2 is 2.17 bits per heavy atom. The van der Waals surface area contributed by atoms with Crippen molar-refractivity contribution < 1.29 is 9.72 Å². The van der Waals surface area contributed by atoms with Crippen molar-refractivity contribution in [2.24, 2.45) is 7.05 Å². The van der Waals surface area contributed by atoms with Crippen molar-refractivity contribution in [3.05, 3.63) is 46.1 Å². The summed E-state index contributed by atoms with van der Waals surface area (Å²) in [5, 5.41) is 14.8. The molecule has 1 heterocycles. The van der Waals surface area contributed by atoms with Gasteiger partial charge in [0.2, 0.25) is 0 Å². The van der Waals surface area contributed by atoms with Crippen LogP contribution in [0.3, 0.4) is 0 Å². The molecule has 6 heteroatoms. The molecule has 0 atom stereocenters. The molecule has 0 fully saturated rings. The molecule has 6 nitrogen and oxygen atoms in total. The quantitative estimate of drug-likeness (QED) is 0.471. The SMILES string of the molecule is CC(=O)c1cccc(-c2c([N+](=O)[O-])cnn2C)c1. The fraction of sp³-hybridized carbons (Fsp3) is 0.167. The molecule has 0 aliphatic rings. The van der Waals surface area contributed by atoms with E-state index in [1.54, 1.807) is 31.3 Å². The number of hydrogen-bond donors (Lipinski definition) is 0. The topological polar surface area (TPSA) is 78.0 Å². The third-order valence-electron chi connectivity index (χ3n) is 2.66. The smallest absolute Gasteiger partial charge is 0.295 e. The number of aromatic nitrogens is 2. The minimum absolute atomic E-state index is 0.0711. The number of carbonyl (C=O) groups excluding carboxylic acids is 1. The first-order chi connectivity index (χ1) is 8.50. The number of carbonyl (C=O) groups is 1. The number of hydrogen-bond acceptors (Lipinski definition) is 4. The number of Topliss-reactive ketones (excluding diaryl/α,β-unsaturated/α-hetero) is 1. The molecule has 0 aliphatic heterocycles. The van der Waals surface area contributed by atoms with Crippen LogP contribution < -0.4 is 0 Å². The zero-order chi connectivity index (χ0) is 13.3. The van der Waals surface area contributed by atoms with E-state index in [1.165, 1.54) is 17.8 Å². The number of benzene rings is 1. The van der Waals surface area contributed by atoms with E-state index in [-0.39, 0.29) is 11.5 Å². The van der Waals surface area contributed by atoms with Crippen LogP contribution in [-0.2, 0) is 7.05 Å². The standard InChI is InChI=1S/C12H11N3O3/c1-8(16)9-4-3-5-10(6-9)12-11(15(17)18)7-13-14(12)2/h3-7H,1-2H3. The summed E-state index contributed by atoms with van der Waals surface area (Å²) in [6, 6.07) is 6.72. The maximum atomic E-state index is 11.3. The number of ketones is 1. The predicted molar refractivity (Wildman–Crippen MR) is 65.3 cm³/mol. The second kappa shape index (κ2) is 4.40. The van der Waals surface area contributed by atoms with E-state index in [1.807, 2.05) is 0 Å². The van der Waals surface area contributed by atoms with Crippen LogP contribution in [0.2, 0.25) is 0 Å². The average molecular weight is 245 g/mol. The lowest BCUT2D eigenvalue weighted by Crippen LogP contribution is -1.98. The molecule has 2 aromatic rings. The van der Waals surface area contributed by atoms with Crippen LogP contribution >= 0.6 is 0 Å². The van der Waals surface area contributed by atoms with Gasteiger partial charge in [-0.05, 0) is 13.0 Å². The van der Waals surface area contributed by atoms with Gasteiger partial charge in [0.15, 0.2) is 5.78 Å². The molecule has 2 rings (SSSR count). The zero-order valence-electron chi connectivity index (χ0n) is 9.95. The molecule has 0 bridgehead atoms. The lowest BCUT2D eigenvalue weighted by Gasteiger charge is -2.03. The molecule has 0 radical (unpaired) electrons. The predicted octanol–water partition coefficient (Wildman–Crippen LogP) is 2.20. The summed E-state index contributed by atoms with van der Waals surface area (Å²) in [4.78, 5) is 21.7. The molecular weight excluding hydrogens is 234 g/mol. The van der Waals surface area contributed by atoms with Gasteiger partial charge in [-0.25, -0.2) is 0 Å². The minimum Gasteiger partial charge on any atom is -0.295 e. The van der Waals surface area contributed by atoms with Crippen LogP contribution in [0.25, 0.3) is 11.3 Å². The van der Waals surface area contributed by atoms with E-state index in [9.17, 15) is 14.9 Å². The second-order valence-electron chi connectivity index (χ2n) is 3.90. The molecule has 92 valence electrons. The fourth-order valence-corrected chi connectivity index (χ4v) is 1.78. The molecular formula is C12H11N3O3. The van der Waals surface area contributed by atoms with Crippen LogP contribution in [0.1, 0.15) is 17.3 Å². The van der Waals surface area contributed by atoms with Crippen molar-refractivity contribution in [3.63, 3.8) is 0 Å². The van der Waals surface area contributed by atoms with Gasteiger partial charge in [0.25, 0.3) is 0 Å². The maximum Gasteiger partial charge on any atom is 0.314 e. The Morgan fingerprint density at radius 1 is 1.44 bits per heavy atom. The van der Waals surface area contributed by atoms with E-state index in [4.69, 9.17) is 0 Å². The van der Waals surface area contributed by atoms with Crippen LogP contribution in [0, 0.1) is 10.1 Å². The number of nitrogens with zero attached hydrogens (tertiary/aromatic N) is 3. The van der Waals surface area contributed by atoms with Gasteiger partial charge in [-0.15, -0.1) is 0 Å². The molecule has 0 saturated heterocycles. The van der Waals surface area contributed by atoms with Crippen molar-refractivity contribution >= 4 is 11.5 Å². The summed E-state index contributed by atoms with van der Waals surface area (Å²) in [6.07, 6.45) is 1.20. The third-order valence-corrected chi connectivity index (χ3v) is 2.66. The molecule has 0 spiro atoms. The van der Waals surface area contributed by atoms with Crippen molar-refractivity contribution in [2.75, 3.05) is 0 Å². The Hall–Kier alpha value is -2.50. The van der Waals surface area contributed by atoms with Gasteiger partial charge >= 0.3 is 5.69 Å². The Kier molecular flexibility index (Phi) is 2.93. The van der Waals surface area contributed by atoms with E-state index in [0.717, 1.165) is 0 Å². The highest BCUT2D eigenvalue weighted by atomic mass is 16.6. The monoisotopic (exact) mass is 245 g/mol. The Bertz CT molecular complexity index is 631. The van der Waals surface area contributed by atoms with Crippen LogP contribution in [0.4, 0.5) is 5.69 Å². The fourth-order valence-electron chi connectivity index (χ4n) is 1.78. The first-order valence-corrected chi connectivity index (χ1v) is 5.28. The first kappa shape index (κ1) is 12.0. The molecule has 1 aromatic carbocycles. The van der Waals surface area contributed by atoms with E-state index < -0.39 is 4.92 Å². The van der Waals surface area contributed by atoms with Gasteiger partial charge in [-0.1, -0.05) is 18.2 Å². The largest absolute Gasteiger partial charge is 0.314 e. The van der Waals surface area contributed by atoms with Gasteiger partial charge in [0.05, 0.1) is 4.92 Å². The van der Waals surface area contributed by atoms with Crippen LogP contribution in [0.15, 0.2) is 30.5 Å². The molecule has 0 aliphatic carbocycles. The van der Waals surface area contributed by atoms with Crippen molar-refractivity contribution in [3.8, 4) is 11.3 Å². The molecule has 0 amide bonds. The summed E-state index contributed by atoms with van der Waals surface area (Å²) in [7, 11) is 1.63. The van der Waals surface area contributed by atoms with Gasteiger partial charge in [0.1, 0.15) is 11.9 Å². The normalized spacial score (nSPS) is 10.3. The summed E-state index contributed by atoms with van der Waals surface area (Å²) in [6.45, 7) is 1.46. The van der Waals surface area contributed by atoms with Gasteiger partial charge < -0.3 is 0 Å². The minimum atomic E-state index is -0.483. The van der Waals surface area contributed by atoms with Crippen molar-refractivity contribution in [1.82, 2.24) is 9.78 Å². The summed E-state index contributed by atoms with van der Waals surface area (Å²) in [5.41, 5.74) is 1.44.